The molecular weight excluding hydrogens is 413 g/mol. The monoisotopic (exact) mass is 431 g/mol. The highest BCUT2D eigenvalue weighted by Gasteiger charge is 2.42. The van der Waals surface area contributed by atoms with Crippen LogP contribution >= 0.6 is 0 Å². The van der Waals surface area contributed by atoms with Gasteiger partial charge in [-0.25, -0.2) is 8.78 Å². The lowest BCUT2D eigenvalue weighted by molar-refractivity contribution is -0.142. The molecule has 12 heteroatoms. The van der Waals surface area contributed by atoms with Crippen LogP contribution < -0.4 is 11.1 Å². The van der Waals surface area contributed by atoms with Crippen LogP contribution in [0.25, 0.3) is 0 Å². The second kappa shape index (κ2) is 7.65. The molecule has 0 unspecified atom stereocenters. The van der Waals surface area contributed by atoms with Crippen LogP contribution in [0.3, 0.4) is 0 Å². The van der Waals surface area contributed by atoms with Crippen LogP contribution in [0.5, 0.6) is 0 Å². The van der Waals surface area contributed by atoms with Gasteiger partial charge in [0.05, 0.1) is 0 Å². The van der Waals surface area contributed by atoms with Crippen molar-refractivity contribution in [3.63, 3.8) is 0 Å². The number of carbonyl (C=O) groups is 2. The van der Waals surface area contributed by atoms with Gasteiger partial charge in [-0.3, -0.25) is 19.3 Å². The number of nitrogens with two attached hydrogens (primary N) is 1. The zero-order chi connectivity index (χ0) is 22.3. The summed E-state index contributed by atoms with van der Waals surface area (Å²) in [4.78, 5) is 27.7. The molecule has 2 amide bonds. The molecule has 1 saturated carbocycles. The Hall–Kier alpha value is -3.05. The first-order valence-corrected chi connectivity index (χ1v) is 8.97. The summed E-state index contributed by atoms with van der Waals surface area (Å²) < 4.78 is 67.8. The Morgan fingerprint density at radius 2 is 2.07 bits per heavy atom. The molecule has 3 N–H and O–H groups in total. The van der Waals surface area contributed by atoms with E-state index in [0.29, 0.717) is 0 Å². The fraction of sp³-hybridized carbons (Fsp3) is 0.444. The molecule has 1 aliphatic carbocycles. The molecule has 0 aromatic carbocycles. The minimum atomic E-state index is -4.82. The van der Waals surface area contributed by atoms with E-state index in [1.807, 2.05) is 0 Å². The summed E-state index contributed by atoms with van der Waals surface area (Å²) in [5.41, 5.74) is 2.98. The Bertz CT molecular complexity index is 986. The zero-order valence-corrected chi connectivity index (χ0v) is 15.8. The number of alkyl halides is 5. The van der Waals surface area contributed by atoms with Gasteiger partial charge in [0.25, 0.3) is 11.8 Å². The van der Waals surface area contributed by atoms with Crippen LogP contribution in [-0.4, -0.2) is 32.5 Å². The number of halogens is 5. The van der Waals surface area contributed by atoms with Crippen molar-refractivity contribution in [2.24, 2.45) is 11.7 Å². The maximum absolute atomic E-state index is 13.5. The highest BCUT2D eigenvalue weighted by atomic mass is 19.4. The average Bonchev–Trinajstić information content (AvgIpc) is 3.14. The Morgan fingerprint density at radius 3 is 2.63 bits per heavy atom. The van der Waals surface area contributed by atoms with E-state index in [2.05, 4.69) is 15.4 Å². The van der Waals surface area contributed by atoms with Gasteiger partial charge in [-0.05, 0) is 31.4 Å². The fourth-order valence-corrected chi connectivity index (χ4v) is 3.52. The average molecular weight is 431 g/mol. The van der Waals surface area contributed by atoms with Gasteiger partial charge < -0.3 is 11.1 Å². The third-order valence-electron chi connectivity index (χ3n) is 4.88. The molecule has 2 aromatic rings. The Kier molecular flexibility index (Phi) is 5.52. The maximum atomic E-state index is 13.5. The highest BCUT2D eigenvalue weighted by molar-refractivity contribution is 6.04. The number of aromatic nitrogens is 3. The zero-order valence-electron chi connectivity index (χ0n) is 15.8. The third-order valence-corrected chi connectivity index (χ3v) is 4.88. The van der Waals surface area contributed by atoms with Crippen molar-refractivity contribution in [2.45, 2.75) is 44.8 Å². The molecule has 0 saturated heterocycles. The van der Waals surface area contributed by atoms with Crippen LogP contribution in [-0.2, 0) is 12.7 Å². The molecule has 30 heavy (non-hydrogen) atoms. The van der Waals surface area contributed by atoms with Gasteiger partial charge >= 0.3 is 6.18 Å². The summed E-state index contributed by atoms with van der Waals surface area (Å²) >= 11 is 0. The van der Waals surface area contributed by atoms with E-state index in [4.69, 9.17) is 5.73 Å². The summed E-state index contributed by atoms with van der Waals surface area (Å²) in [6.45, 7) is 0.837. The molecular formula is C18H18F5N5O2. The minimum Gasteiger partial charge on any atom is -0.364 e. The van der Waals surface area contributed by atoms with E-state index in [-0.39, 0.29) is 30.8 Å². The van der Waals surface area contributed by atoms with Crippen LogP contribution in [0.15, 0.2) is 18.3 Å². The summed E-state index contributed by atoms with van der Waals surface area (Å²) in [5.74, 6) is -5.28. The van der Waals surface area contributed by atoms with Crippen LogP contribution in [0, 0.1) is 12.8 Å². The van der Waals surface area contributed by atoms with E-state index < -0.39 is 53.2 Å². The molecule has 2 aromatic heterocycles. The lowest BCUT2D eigenvalue weighted by Crippen LogP contribution is -2.22. The normalized spacial score (nSPS) is 18.4. The minimum absolute atomic E-state index is 0.0805. The van der Waals surface area contributed by atoms with E-state index in [1.54, 1.807) is 0 Å². The van der Waals surface area contributed by atoms with Crippen molar-refractivity contribution in [1.82, 2.24) is 14.8 Å². The van der Waals surface area contributed by atoms with Crippen LogP contribution in [0.1, 0.15) is 51.5 Å². The maximum Gasteiger partial charge on any atom is 0.435 e. The van der Waals surface area contributed by atoms with E-state index in [1.165, 1.54) is 18.3 Å². The van der Waals surface area contributed by atoms with Gasteiger partial charge in [-0.1, -0.05) is 0 Å². The van der Waals surface area contributed by atoms with Crippen molar-refractivity contribution >= 4 is 17.5 Å². The largest absolute Gasteiger partial charge is 0.435 e. The summed E-state index contributed by atoms with van der Waals surface area (Å²) in [6.07, 6.45) is -4.36. The van der Waals surface area contributed by atoms with Crippen molar-refractivity contribution in [2.75, 3.05) is 5.32 Å². The van der Waals surface area contributed by atoms with Crippen molar-refractivity contribution in [1.29, 1.82) is 0 Å². The topological polar surface area (TPSA) is 103 Å². The van der Waals surface area contributed by atoms with E-state index in [9.17, 15) is 31.5 Å². The molecule has 1 atom stereocenters. The van der Waals surface area contributed by atoms with Gasteiger partial charge in [0.1, 0.15) is 11.4 Å². The Balaban J connectivity index is 1.93. The quantitative estimate of drug-likeness (QED) is 0.709. The number of hydrogen-bond donors (Lipinski definition) is 2. The molecule has 0 bridgehead atoms. The highest BCUT2D eigenvalue weighted by Crippen LogP contribution is 2.40. The molecule has 0 spiro atoms. The fourth-order valence-electron chi connectivity index (χ4n) is 3.52. The first kappa shape index (κ1) is 21.7. The molecule has 7 nitrogen and oxygen atoms in total. The van der Waals surface area contributed by atoms with E-state index >= 15 is 0 Å². The van der Waals surface area contributed by atoms with Gasteiger partial charge in [0.2, 0.25) is 5.92 Å². The predicted molar refractivity (Wildman–Crippen MR) is 95.0 cm³/mol. The number of nitrogens with zero attached hydrogens (tertiary/aromatic N) is 3. The smallest absolute Gasteiger partial charge is 0.364 e. The first-order valence-electron chi connectivity index (χ1n) is 8.97. The number of primary amides is 1. The van der Waals surface area contributed by atoms with Gasteiger partial charge in [-0.15, -0.1) is 0 Å². The van der Waals surface area contributed by atoms with Crippen LogP contribution in [0.4, 0.5) is 27.6 Å². The number of carbonyl (C=O) groups excluding carboxylic acids is 2. The number of nitrogens with one attached hydrogen (secondary N) is 1. The standard InChI is InChI=1S/C18H18F5N5O2/c1-9-13(16(30)26-11-3-5-25-12(6-11)15(24)29)28(27-14(9)18(21,22)23)8-10-2-4-17(19,20)7-10/h3,5-6,10H,2,4,7-8H2,1H3,(H2,24,29)(H,25,26,30)/t10-/m0/s1. The third kappa shape index (κ3) is 4.57. The second-order valence-corrected chi connectivity index (χ2v) is 7.21. The molecule has 1 aliphatic rings. The number of hydrogen-bond acceptors (Lipinski definition) is 4. The summed E-state index contributed by atoms with van der Waals surface area (Å²) in [7, 11) is 0. The molecule has 2 heterocycles. The predicted octanol–water partition coefficient (Wildman–Crippen LogP) is 3.39. The SMILES string of the molecule is Cc1c(C(F)(F)F)nn(C[C@H]2CCC(F)(F)C2)c1C(=O)Nc1ccnc(C(N)=O)c1. The molecule has 3 rings (SSSR count). The summed E-state index contributed by atoms with van der Waals surface area (Å²) in [5, 5.41) is 5.88. The van der Waals surface area contributed by atoms with E-state index in [0.717, 1.165) is 11.6 Å². The number of rotatable bonds is 5. The summed E-state index contributed by atoms with van der Waals surface area (Å²) in [6, 6.07) is 2.49. The molecule has 0 radical (unpaired) electrons. The van der Waals surface area contributed by atoms with Crippen molar-refractivity contribution in [3.8, 4) is 0 Å². The lowest BCUT2D eigenvalue weighted by Gasteiger charge is -2.14. The number of amides is 2. The van der Waals surface area contributed by atoms with Gasteiger partial charge in [0.15, 0.2) is 5.69 Å². The van der Waals surface area contributed by atoms with Crippen molar-refractivity contribution in [3.05, 3.63) is 41.0 Å². The Labute approximate surface area is 167 Å². The first-order chi connectivity index (χ1) is 13.9. The molecule has 1 fully saturated rings. The van der Waals surface area contributed by atoms with Gasteiger partial charge in [0, 0.05) is 36.8 Å². The molecule has 0 aliphatic heterocycles. The molecule has 162 valence electrons. The lowest BCUT2D eigenvalue weighted by atomic mass is 10.1. The number of anilines is 1. The van der Waals surface area contributed by atoms with Crippen LogP contribution in [0.2, 0.25) is 0 Å². The van der Waals surface area contributed by atoms with Crippen molar-refractivity contribution < 1.29 is 31.5 Å². The Morgan fingerprint density at radius 1 is 1.37 bits per heavy atom. The van der Waals surface area contributed by atoms with Gasteiger partial charge in [-0.2, -0.15) is 18.3 Å². The number of pyridine rings is 1. The second-order valence-electron chi connectivity index (χ2n) is 7.21.